The van der Waals surface area contributed by atoms with Crippen LogP contribution in [0.3, 0.4) is 0 Å². The second kappa shape index (κ2) is 5.21. The van der Waals surface area contributed by atoms with Crippen molar-refractivity contribution in [1.82, 2.24) is 10.6 Å². The van der Waals surface area contributed by atoms with Crippen molar-refractivity contribution in [1.29, 1.82) is 0 Å². The maximum absolute atomic E-state index is 12.6. The van der Waals surface area contributed by atoms with Gasteiger partial charge in [0.1, 0.15) is 0 Å². The van der Waals surface area contributed by atoms with E-state index in [-0.39, 0.29) is 16.7 Å². The molecule has 2 N–H and O–H groups in total. The second-order valence-electron chi connectivity index (χ2n) is 6.72. The number of amides is 1. The van der Waals surface area contributed by atoms with Crippen LogP contribution in [0.4, 0.5) is 0 Å². The Morgan fingerprint density at radius 2 is 2.00 bits per heavy atom. The Bertz CT molecular complexity index is 473. The lowest BCUT2D eigenvalue weighted by Crippen LogP contribution is -2.47. The SMILES string of the molecule is CC1(CNC(=O)C2(c3ccccc3)CC2)CCCNC1. The number of nitrogens with one attached hydrogen (secondary N) is 2. The van der Waals surface area contributed by atoms with Gasteiger partial charge in [0.15, 0.2) is 0 Å². The number of carbonyl (C=O) groups is 1. The first-order chi connectivity index (χ1) is 9.65. The molecule has 0 radical (unpaired) electrons. The third-order valence-corrected chi connectivity index (χ3v) is 4.87. The van der Waals surface area contributed by atoms with Gasteiger partial charge in [-0.2, -0.15) is 0 Å². The van der Waals surface area contributed by atoms with E-state index in [1.54, 1.807) is 0 Å². The zero-order chi connectivity index (χ0) is 14.1. The molecule has 1 aliphatic heterocycles. The molecule has 1 heterocycles. The molecule has 3 nitrogen and oxygen atoms in total. The van der Waals surface area contributed by atoms with Crippen LogP contribution in [0.15, 0.2) is 30.3 Å². The molecule has 1 saturated heterocycles. The van der Waals surface area contributed by atoms with E-state index >= 15 is 0 Å². The van der Waals surface area contributed by atoms with Crippen molar-refractivity contribution in [3.63, 3.8) is 0 Å². The summed E-state index contributed by atoms with van der Waals surface area (Å²) in [5.41, 5.74) is 1.14. The van der Waals surface area contributed by atoms with E-state index in [9.17, 15) is 4.79 Å². The molecule has 1 saturated carbocycles. The molecule has 1 unspecified atom stereocenters. The van der Waals surface area contributed by atoms with Gasteiger partial charge in [-0.1, -0.05) is 37.3 Å². The highest BCUT2D eigenvalue weighted by atomic mass is 16.2. The Kier molecular flexibility index (Phi) is 3.55. The minimum Gasteiger partial charge on any atom is -0.355 e. The molecule has 1 aromatic carbocycles. The van der Waals surface area contributed by atoms with E-state index in [1.807, 2.05) is 18.2 Å². The summed E-state index contributed by atoms with van der Waals surface area (Å²) in [6, 6.07) is 10.2. The van der Waals surface area contributed by atoms with Crippen molar-refractivity contribution in [2.45, 2.75) is 38.0 Å². The first-order valence-electron chi connectivity index (χ1n) is 7.69. The largest absolute Gasteiger partial charge is 0.355 e. The Morgan fingerprint density at radius 3 is 2.60 bits per heavy atom. The van der Waals surface area contributed by atoms with Crippen molar-refractivity contribution in [2.75, 3.05) is 19.6 Å². The van der Waals surface area contributed by atoms with Gasteiger partial charge in [0.05, 0.1) is 5.41 Å². The Labute approximate surface area is 121 Å². The molecule has 0 bridgehead atoms. The zero-order valence-corrected chi connectivity index (χ0v) is 12.2. The molecule has 1 atom stereocenters. The molecular weight excluding hydrogens is 248 g/mol. The molecule has 1 aromatic rings. The average molecular weight is 272 g/mol. The molecule has 0 spiro atoms. The van der Waals surface area contributed by atoms with Crippen LogP contribution < -0.4 is 10.6 Å². The molecule has 20 heavy (non-hydrogen) atoms. The molecular formula is C17H24N2O. The Balaban J connectivity index is 1.62. The van der Waals surface area contributed by atoms with Crippen molar-refractivity contribution < 1.29 is 4.79 Å². The van der Waals surface area contributed by atoms with Gasteiger partial charge in [-0.25, -0.2) is 0 Å². The first-order valence-corrected chi connectivity index (χ1v) is 7.69. The zero-order valence-electron chi connectivity index (χ0n) is 12.2. The molecule has 3 rings (SSSR count). The minimum absolute atomic E-state index is 0.209. The molecule has 3 heteroatoms. The van der Waals surface area contributed by atoms with Crippen molar-refractivity contribution in [2.24, 2.45) is 5.41 Å². The van der Waals surface area contributed by atoms with E-state index in [0.717, 1.165) is 32.5 Å². The van der Waals surface area contributed by atoms with Crippen LogP contribution in [0.5, 0.6) is 0 Å². The topological polar surface area (TPSA) is 41.1 Å². The van der Waals surface area contributed by atoms with Gasteiger partial charge < -0.3 is 10.6 Å². The summed E-state index contributed by atoms with van der Waals surface area (Å²) in [7, 11) is 0. The lowest BCUT2D eigenvalue weighted by atomic mass is 9.82. The molecule has 0 aromatic heterocycles. The van der Waals surface area contributed by atoms with Gasteiger partial charge in [-0.15, -0.1) is 0 Å². The van der Waals surface area contributed by atoms with E-state index in [1.165, 1.54) is 18.4 Å². The maximum atomic E-state index is 12.6. The summed E-state index contributed by atoms with van der Waals surface area (Å²) in [6.45, 7) is 5.16. The highest BCUT2D eigenvalue weighted by Crippen LogP contribution is 2.48. The van der Waals surface area contributed by atoms with Crippen LogP contribution in [-0.4, -0.2) is 25.5 Å². The predicted octanol–water partition coefficient (Wildman–Crippen LogP) is 2.22. The van der Waals surface area contributed by atoms with Crippen LogP contribution >= 0.6 is 0 Å². The third-order valence-electron chi connectivity index (χ3n) is 4.87. The fraction of sp³-hybridized carbons (Fsp3) is 0.588. The molecule has 1 aliphatic carbocycles. The third kappa shape index (κ3) is 2.59. The summed E-state index contributed by atoms with van der Waals surface area (Å²) in [6.07, 6.45) is 4.37. The number of rotatable bonds is 4. The van der Waals surface area contributed by atoms with Gasteiger partial charge in [-0.3, -0.25) is 4.79 Å². The monoisotopic (exact) mass is 272 g/mol. The quantitative estimate of drug-likeness (QED) is 0.882. The summed E-state index contributed by atoms with van der Waals surface area (Å²) < 4.78 is 0. The van der Waals surface area contributed by atoms with Crippen LogP contribution in [0.25, 0.3) is 0 Å². The maximum Gasteiger partial charge on any atom is 0.230 e. The van der Waals surface area contributed by atoms with E-state index in [4.69, 9.17) is 0 Å². The van der Waals surface area contributed by atoms with E-state index in [0.29, 0.717) is 0 Å². The summed E-state index contributed by atoms with van der Waals surface area (Å²) in [5, 5.41) is 6.65. The number of hydrogen-bond donors (Lipinski definition) is 2. The van der Waals surface area contributed by atoms with E-state index < -0.39 is 0 Å². The molecule has 108 valence electrons. The second-order valence-corrected chi connectivity index (χ2v) is 6.72. The highest BCUT2D eigenvalue weighted by Gasteiger charge is 2.51. The van der Waals surface area contributed by atoms with E-state index in [2.05, 4.69) is 29.7 Å². The lowest BCUT2D eigenvalue weighted by molar-refractivity contribution is -0.124. The van der Waals surface area contributed by atoms with Crippen LogP contribution in [0, 0.1) is 5.41 Å². The van der Waals surface area contributed by atoms with Crippen LogP contribution in [-0.2, 0) is 10.2 Å². The van der Waals surface area contributed by atoms with Crippen molar-refractivity contribution in [3.05, 3.63) is 35.9 Å². The lowest BCUT2D eigenvalue weighted by Gasteiger charge is -2.34. The normalized spacial score (nSPS) is 27.9. The van der Waals surface area contributed by atoms with Crippen molar-refractivity contribution >= 4 is 5.91 Å². The average Bonchev–Trinajstić information content (AvgIpc) is 3.28. The number of hydrogen-bond acceptors (Lipinski definition) is 2. The van der Waals surface area contributed by atoms with Crippen LogP contribution in [0.1, 0.15) is 38.2 Å². The highest BCUT2D eigenvalue weighted by molar-refractivity contribution is 5.91. The number of piperidine rings is 1. The van der Waals surface area contributed by atoms with Gasteiger partial charge in [0.25, 0.3) is 0 Å². The summed E-state index contributed by atoms with van der Waals surface area (Å²) in [4.78, 5) is 12.6. The van der Waals surface area contributed by atoms with Gasteiger partial charge >= 0.3 is 0 Å². The van der Waals surface area contributed by atoms with Crippen LogP contribution in [0.2, 0.25) is 0 Å². The predicted molar refractivity (Wildman–Crippen MR) is 80.6 cm³/mol. The van der Waals surface area contributed by atoms with Gasteiger partial charge in [0.2, 0.25) is 5.91 Å². The van der Waals surface area contributed by atoms with Crippen molar-refractivity contribution in [3.8, 4) is 0 Å². The standard InChI is InChI=1S/C17H24N2O/c1-16(8-5-11-18-12-16)13-19-15(20)17(9-10-17)14-6-3-2-4-7-14/h2-4,6-7,18H,5,8-13H2,1H3,(H,19,20). The summed E-state index contributed by atoms with van der Waals surface area (Å²) >= 11 is 0. The molecule has 1 amide bonds. The number of carbonyl (C=O) groups excluding carboxylic acids is 1. The smallest absolute Gasteiger partial charge is 0.230 e. The minimum atomic E-state index is -0.236. The Hall–Kier alpha value is -1.35. The Morgan fingerprint density at radius 1 is 1.25 bits per heavy atom. The first kappa shape index (κ1) is 13.6. The summed E-state index contributed by atoms with van der Waals surface area (Å²) in [5.74, 6) is 0.218. The molecule has 2 fully saturated rings. The van der Waals surface area contributed by atoms with Gasteiger partial charge in [0, 0.05) is 13.1 Å². The fourth-order valence-corrected chi connectivity index (χ4v) is 3.26. The van der Waals surface area contributed by atoms with Gasteiger partial charge in [-0.05, 0) is 43.2 Å². The number of benzene rings is 1. The fourth-order valence-electron chi connectivity index (χ4n) is 3.26. The molecule has 2 aliphatic rings.